The molecule has 2 aromatic carbocycles. The van der Waals surface area contributed by atoms with Crippen molar-refractivity contribution in [1.82, 2.24) is 0 Å². The van der Waals surface area contributed by atoms with Crippen LogP contribution in [0.2, 0.25) is 0 Å². The van der Waals surface area contributed by atoms with E-state index in [0.717, 1.165) is 15.0 Å². The van der Waals surface area contributed by atoms with E-state index in [1.165, 1.54) is 11.1 Å². The van der Waals surface area contributed by atoms with Crippen molar-refractivity contribution in [1.29, 1.82) is 0 Å². The van der Waals surface area contributed by atoms with Gasteiger partial charge in [0.2, 0.25) is 0 Å². The van der Waals surface area contributed by atoms with Crippen molar-refractivity contribution in [2.24, 2.45) is 0 Å². The molecule has 2 rings (SSSR count). The van der Waals surface area contributed by atoms with Crippen molar-refractivity contribution < 1.29 is 4.79 Å². The Morgan fingerprint density at radius 3 is 2.50 bits per heavy atom. The number of rotatable bonds is 4. The molecule has 2 aromatic rings. The van der Waals surface area contributed by atoms with Crippen molar-refractivity contribution in [3.8, 4) is 0 Å². The predicted molar refractivity (Wildman–Crippen MR) is 95.5 cm³/mol. The van der Waals surface area contributed by atoms with Crippen molar-refractivity contribution >= 4 is 45.9 Å². The van der Waals surface area contributed by atoms with Crippen LogP contribution >= 0.6 is 34.4 Å². The van der Waals surface area contributed by atoms with E-state index in [0.29, 0.717) is 5.56 Å². The summed E-state index contributed by atoms with van der Waals surface area (Å²) in [5.74, 6) is 0.901. The molecule has 0 aromatic heterocycles. The zero-order valence-corrected chi connectivity index (χ0v) is 14.4. The highest BCUT2D eigenvalue weighted by atomic mass is 127. The molecule has 0 saturated heterocycles. The molecule has 1 amide bonds. The second-order valence-corrected chi connectivity index (χ2v) is 6.58. The Morgan fingerprint density at radius 1 is 1.20 bits per heavy atom. The van der Waals surface area contributed by atoms with Gasteiger partial charge in [0.25, 0.3) is 5.91 Å². The van der Waals surface area contributed by atoms with Crippen LogP contribution in [0.15, 0.2) is 42.5 Å². The summed E-state index contributed by atoms with van der Waals surface area (Å²) < 4.78 is 1.15. The Kier molecular flexibility index (Phi) is 5.48. The lowest BCUT2D eigenvalue weighted by atomic mass is 10.1. The molecule has 0 spiro atoms. The second-order valence-electron chi connectivity index (χ2n) is 4.55. The molecule has 0 aliphatic heterocycles. The number of hydrogen-bond acceptors (Lipinski definition) is 2. The summed E-state index contributed by atoms with van der Waals surface area (Å²) in [7, 11) is 0. The quantitative estimate of drug-likeness (QED) is 0.757. The van der Waals surface area contributed by atoms with Gasteiger partial charge in [-0.25, -0.2) is 0 Å². The van der Waals surface area contributed by atoms with Gasteiger partial charge in [0.1, 0.15) is 0 Å². The van der Waals surface area contributed by atoms with Crippen molar-refractivity contribution in [2.45, 2.75) is 12.7 Å². The van der Waals surface area contributed by atoms with Gasteiger partial charge in [-0.2, -0.15) is 11.8 Å². The Labute approximate surface area is 137 Å². The summed E-state index contributed by atoms with van der Waals surface area (Å²) in [4.78, 5) is 12.2. The van der Waals surface area contributed by atoms with Crippen LogP contribution < -0.4 is 5.32 Å². The lowest BCUT2D eigenvalue weighted by molar-refractivity contribution is 0.102. The third kappa shape index (κ3) is 3.99. The van der Waals surface area contributed by atoms with Crippen LogP contribution in [0.3, 0.4) is 0 Å². The van der Waals surface area contributed by atoms with Crippen molar-refractivity contribution in [3.05, 3.63) is 62.7 Å². The van der Waals surface area contributed by atoms with Crippen molar-refractivity contribution in [2.75, 3.05) is 11.6 Å². The zero-order chi connectivity index (χ0) is 14.5. The van der Waals surface area contributed by atoms with E-state index >= 15 is 0 Å². The van der Waals surface area contributed by atoms with E-state index in [1.54, 1.807) is 11.8 Å². The van der Waals surface area contributed by atoms with Crippen LogP contribution in [0.1, 0.15) is 21.5 Å². The monoisotopic (exact) mass is 397 g/mol. The molecule has 0 aliphatic carbocycles. The fourth-order valence-electron chi connectivity index (χ4n) is 1.79. The highest BCUT2D eigenvalue weighted by Gasteiger charge is 2.06. The van der Waals surface area contributed by atoms with Gasteiger partial charge in [-0.1, -0.05) is 18.2 Å². The Balaban J connectivity index is 2.09. The molecule has 0 atom stereocenters. The first kappa shape index (κ1) is 15.4. The number of carbonyl (C=O) groups excluding carboxylic acids is 1. The number of carbonyl (C=O) groups is 1. The first-order valence-corrected chi connectivity index (χ1v) is 8.73. The fraction of sp³-hybridized carbons (Fsp3) is 0.188. The lowest BCUT2D eigenvalue weighted by Gasteiger charge is -2.07. The van der Waals surface area contributed by atoms with E-state index < -0.39 is 0 Å². The van der Waals surface area contributed by atoms with E-state index in [1.807, 2.05) is 42.5 Å². The summed E-state index contributed by atoms with van der Waals surface area (Å²) in [6.07, 6.45) is 2.07. The lowest BCUT2D eigenvalue weighted by Crippen LogP contribution is -2.12. The summed E-state index contributed by atoms with van der Waals surface area (Å²) >= 11 is 4.04. The number of benzene rings is 2. The van der Waals surface area contributed by atoms with Gasteiger partial charge in [-0.15, -0.1) is 0 Å². The minimum atomic E-state index is -0.0691. The van der Waals surface area contributed by atoms with Crippen LogP contribution in [0.25, 0.3) is 0 Å². The molecule has 2 nitrogen and oxygen atoms in total. The van der Waals surface area contributed by atoms with Crippen molar-refractivity contribution in [3.63, 3.8) is 0 Å². The first-order valence-electron chi connectivity index (χ1n) is 6.25. The molecule has 0 aliphatic rings. The van der Waals surface area contributed by atoms with Gasteiger partial charge in [0, 0.05) is 20.6 Å². The minimum absolute atomic E-state index is 0.0691. The Bertz CT molecular complexity index is 610. The van der Waals surface area contributed by atoms with Gasteiger partial charge in [0.15, 0.2) is 0 Å². The largest absolute Gasteiger partial charge is 0.322 e. The molecule has 0 heterocycles. The number of nitrogens with one attached hydrogen (secondary N) is 1. The third-order valence-electron chi connectivity index (χ3n) is 2.96. The van der Waals surface area contributed by atoms with Gasteiger partial charge >= 0.3 is 0 Å². The molecule has 20 heavy (non-hydrogen) atoms. The topological polar surface area (TPSA) is 29.1 Å². The van der Waals surface area contributed by atoms with E-state index in [-0.39, 0.29) is 5.91 Å². The smallest absolute Gasteiger partial charge is 0.255 e. The molecule has 0 radical (unpaired) electrons. The summed E-state index contributed by atoms with van der Waals surface area (Å²) in [5, 5.41) is 2.93. The Morgan fingerprint density at radius 2 is 1.90 bits per heavy atom. The van der Waals surface area contributed by atoms with Crippen LogP contribution in [-0.4, -0.2) is 12.2 Å². The molecule has 0 unspecified atom stereocenters. The number of aryl methyl sites for hydroxylation is 1. The second kappa shape index (κ2) is 7.13. The van der Waals surface area contributed by atoms with Crippen LogP contribution in [-0.2, 0) is 5.75 Å². The SMILES string of the molecule is CSCc1ccc(C(=O)Nc2ccc(C)c(I)c2)cc1. The van der Waals surface area contributed by atoms with E-state index in [2.05, 4.69) is 41.1 Å². The number of halogens is 1. The fourth-order valence-corrected chi connectivity index (χ4v) is 2.83. The first-order chi connectivity index (χ1) is 9.60. The average molecular weight is 397 g/mol. The molecule has 0 saturated carbocycles. The van der Waals surface area contributed by atoms with Gasteiger partial charge in [-0.3, -0.25) is 4.79 Å². The standard InChI is InChI=1S/C16H16INOS/c1-11-3-8-14(9-15(11)17)18-16(19)13-6-4-12(5-7-13)10-20-2/h3-9H,10H2,1-2H3,(H,18,19). The zero-order valence-electron chi connectivity index (χ0n) is 11.4. The summed E-state index contributed by atoms with van der Waals surface area (Å²) in [6, 6.07) is 13.7. The maximum Gasteiger partial charge on any atom is 0.255 e. The third-order valence-corrected chi connectivity index (χ3v) is 4.74. The van der Waals surface area contributed by atoms with Gasteiger partial charge in [0.05, 0.1) is 0 Å². The molecular formula is C16H16INOS. The molecular weight excluding hydrogens is 381 g/mol. The molecule has 0 bridgehead atoms. The molecule has 4 heteroatoms. The number of hydrogen-bond donors (Lipinski definition) is 1. The highest BCUT2D eigenvalue weighted by molar-refractivity contribution is 14.1. The predicted octanol–water partition coefficient (Wildman–Crippen LogP) is 4.71. The van der Waals surface area contributed by atoms with Crippen LogP contribution in [0, 0.1) is 10.5 Å². The normalized spacial score (nSPS) is 10.3. The van der Waals surface area contributed by atoms with Crippen LogP contribution in [0.5, 0.6) is 0 Å². The van der Waals surface area contributed by atoms with E-state index in [9.17, 15) is 4.79 Å². The molecule has 1 N–H and O–H groups in total. The van der Waals surface area contributed by atoms with E-state index in [4.69, 9.17) is 0 Å². The molecule has 104 valence electrons. The average Bonchev–Trinajstić information content (AvgIpc) is 2.44. The highest BCUT2D eigenvalue weighted by Crippen LogP contribution is 2.18. The number of anilines is 1. The maximum absolute atomic E-state index is 12.2. The summed E-state index contributed by atoms with van der Waals surface area (Å²) in [6.45, 7) is 2.05. The van der Waals surface area contributed by atoms with Crippen LogP contribution in [0.4, 0.5) is 5.69 Å². The number of thioether (sulfide) groups is 1. The maximum atomic E-state index is 12.2. The Hall–Kier alpha value is -1.01. The van der Waals surface area contributed by atoms with Gasteiger partial charge < -0.3 is 5.32 Å². The summed E-state index contributed by atoms with van der Waals surface area (Å²) in [5.41, 5.74) is 3.97. The minimum Gasteiger partial charge on any atom is -0.322 e. The molecule has 0 fully saturated rings. The van der Waals surface area contributed by atoms with Gasteiger partial charge in [-0.05, 0) is 71.2 Å². The number of amides is 1.